The van der Waals surface area contributed by atoms with E-state index in [1.165, 1.54) is 0 Å². The second-order valence-corrected chi connectivity index (χ2v) is 5.45. The molecule has 4 nitrogen and oxygen atoms in total. The van der Waals surface area contributed by atoms with Crippen molar-refractivity contribution < 1.29 is 0 Å². The lowest BCUT2D eigenvalue weighted by atomic mass is 10.2. The highest BCUT2D eigenvalue weighted by atomic mass is 32.1. The molecule has 2 aromatic heterocycles. The SMILES string of the molecule is Cc1nc(CN(C)Cc2ccc(CN)cn2)cs1. The molecule has 0 amide bonds. The number of rotatable bonds is 5. The summed E-state index contributed by atoms with van der Waals surface area (Å²) < 4.78 is 0. The Bertz CT molecular complexity index is 492. The normalized spacial score (nSPS) is 11.1. The highest BCUT2D eigenvalue weighted by Crippen LogP contribution is 2.11. The maximum absolute atomic E-state index is 5.55. The highest BCUT2D eigenvalue weighted by molar-refractivity contribution is 7.09. The fourth-order valence-electron chi connectivity index (χ4n) is 1.76. The van der Waals surface area contributed by atoms with Crippen LogP contribution in [0.5, 0.6) is 0 Å². The summed E-state index contributed by atoms with van der Waals surface area (Å²) in [6, 6.07) is 4.06. The highest BCUT2D eigenvalue weighted by Gasteiger charge is 2.05. The van der Waals surface area contributed by atoms with Crippen molar-refractivity contribution in [2.75, 3.05) is 7.05 Å². The molecular formula is C13H18N4S. The van der Waals surface area contributed by atoms with Crippen LogP contribution in [0.15, 0.2) is 23.7 Å². The van der Waals surface area contributed by atoms with Gasteiger partial charge in [-0.2, -0.15) is 0 Å². The molecule has 0 radical (unpaired) electrons. The van der Waals surface area contributed by atoms with Crippen molar-refractivity contribution in [2.24, 2.45) is 5.73 Å². The van der Waals surface area contributed by atoms with Gasteiger partial charge < -0.3 is 5.73 Å². The van der Waals surface area contributed by atoms with Crippen LogP contribution in [0.4, 0.5) is 0 Å². The van der Waals surface area contributed by atoms with Gasteiger partial charge in [-0.15, -0.1) is 11.3 Å². The molecule has 0 aromatic carbocycles. The number of hydrogen-bond donors (Lipinski definition) is 1. The third-order valence-electron chi connectivity index (χ3n) is 2.65. The molecule has 2 rings (SSSR count). The number of pyridine rings is 1. The first-order valence-electron chi connectivity index (χ1n) is 5.91. The lowest BCUT2D eigenvalue weighted by Gasteiger charge is -2.14. The molecule has 0 aliphatic rings. The fourth-order valence-corrected chi connectivity index (χ4v) is 2.36. The largest absolute Gasteiger partial charge is 0.326 e. The van der Waals surface area contributed by atoms with Crippen LogP contribution in [-0.4, -0.2) is 21.9 Å². The van der Waals surface area contributed by atoms with Crippen LogP contribution in [0.1, 0.15) is 22.0 Å². The van der Waals surface area contributed by atoms with Gasteiger partial charge in [0.05, 0.1) is 16.4 Å². The minimum atomic E-state index is 0.543. The molecule has 0 saturated carbocycles. The molecule has 96 valence electrons. The summed E-state index contributed by atoms with van der Waals surface area (Å²) in [5.41, 5.74) is 8.80. The van der Waals surface area contributed by atoms with E-state index in [0.717, 1.165) is 35.0 Å². The number of nitrogens with two attached hydrogens (primary N) is 1. The van der Waals surface area contributed by atoms with E-state index in [2.05, 4.69) is 27.3 Å². The summed E-state index contributed by atoms with van der Waals surface area (Å²) in [5, 5.41) is 3.22. The van der Waals surface area contributed by atoms with E-state index in [0.29, 0.717) is 6.54 Å². The maximum atomic E-state index is 5.55. The van der Waals surface area contributed by atoms with E-state index in [1.807, 2.05) is 25.3 Å². The van der Waals surface area contributed by atoms with Gasteiger partial charge in [0.15, 0.2) is 0 Å². The van der Waals surface area contributed by atoms with Crippen molar-refractivity contribution in [1.82, 2.24) is 14.9 Å². The van der Waals surface area contributed by atoms with E-state index in [9.17, 15) is 0 Å². The van der Waals surface area contributed by atoms with Gasteiger partial charge in [-0.1, -0.05) is 6.07 Å². The van der Waals surface area contributed by atoms with Gasteiger partial charge in [-0.3, -0.25) is 9.88 Å². The zero-order valence-electron chi connectivity index (χ0n) is 10.8. The quantitative estimate of drug-likeness (QED) is 0.894. The Balaban J connectivity index is 1.91. The fraction of sp³-hybridized carbons (Fsp3) is 0.385. The molecule has 0 aliphatic carbocycles. The van der Waals surface area contributed by atoms with Crippen molar-refractivity contribution in [3.05, 3.63) is 45.7 Å². The van der Waals surface area contributed by atoms with Gasteiger partial charge in [-0.05, 0) is 25.6 Å². The Morgan fingerprint density at radius 1 is 1.28 bits per heavy atom. The number of aromatic nitrogens is 2. The minimum absolute atomic E-state index is 0.543. The molecule has 0 aliphatic heterocycles. The molecule has 2 aromatic rings. The molecule has 2 heterocycles. The Labute approximate surface area is 111 Å². The first-order valence-corrected chi connectivity index (χ1v) is 6.79. The molecule has 0 saturated heterocycles. The molecule has 0 fully saturated rings. The lowest BCUT2D eigenvalue weighted by Crippen LogP contribution is -2.18. The van der Waals surface area contributed by atoms with Gasteiger partial charge in [-0.25, -0.2) is 4.98 Å². The predicted octanol–water partition coefficient (Wildman–Crippen LogP) is 1.94. The Kier molecular flexibility index (Phi) is 4.41. The Morgan fingerprint density at radius 3 is 2.61 bits per heavy atom. The molecule has 5 heteroatoms. The van der Waals surface area contributed by atoms with Crippen LogP contribution >= 0.6 is 11.3 Å². The van der Waals surface area contributed by atoms with Crippen molar-refractivity contribution in [3.63, 3.8) is 0 Å². The topological polar surface area (TPSA) is 55.0 Å². The van der Waals surface area contributed by atoms with Crippen LogP contribution in [0.3, 0.4) is 0 Å². The summed E-state index contributed by atoms with van der Waals surface area (Å²) in [6.45, 7) is 4.24. The summed E-state index contributed by atoms with van der Waals surface area (Å²) >= 11 is 1.69. The van der Waals surface area contributed by atoms with E-state index in [4.69, 9.17) is 5.73 Å². The molecule has 0 unspecified atom stereocenters. The summed E-state index contributed by atoms with van der Waals surface area (Å²) in [5.74, 6) is 0. The van der Waals surface area contributed by atoms with E-state index < -0.39 is 0 Å². The van der Waals surface area contributed by atoms with Crippen molar-refractivity contribution in [3.8, 4) is 0 Å². The first-order chi connectivity index (χ1) is 8.67. The van der Waals surface area contributed by atoms with E-state index >= 15 is 0 Å². The average Bonchev–Trinajstić information content (AvgIpc) is 2.75. The third-order valence-corrected chi connectivity index (χ3v) is 3.47. The second kappa shape index (κ2) is 6.04. The van der Waals surface area contributed by atoms with E-state index in [-0.39, 0.29) is 0 Å². The molecule has 2 N–H and O–H groups in total. The van der Waals surface area contributed by atoms with E-state index in [1.54, 1.807) is 11.3 Å². The predicted molar refractivity (Wildman–Crippen MR) is 74.2 cm³/mol. The zero-order valence-corrected chi connectivity index (χ0v) is 11.6. The lowest BCUT2D eigenvalue weighted by molar-refractivity contribution is 0.311. The van der Waals surface area contributed by atoms with Crippen molar-refractivity contribution in [2.45, 2.75) is 26.6 Å². The maximum Gasteiger partial charge on any atom is 0.0897 e. The van der Waals surface area contributed by atoms with Gasteiger partial charge in [0.2, 0.25) is 0 Å². The minimum Gasteiger partial charge on any atom is -0.326 e. The van der Waals surface area contributed by atoms with Gasteiger partial charge in [0.1, 0.15) is 0 Å². The smallest absolute Gasteiger partial charge is 0.0897 e. The molecule has 0 bridgehead atoms. The van der Waals surface area contributed by atoms with Gasteiger partial charge in [0.25, 0.3) is 0 Å². The van der Waals surface area contributed by atoms with Crippen molar-refractivity contribution in [1.29, 1.82) is 0 Å². The molecule has 18 heavy (non-hydrogen) atoms. The molecule has 0 spiro atoms. The summed E-state index contributed by atoms with van der Waals surface area (Å²) in [4.78, 5) is 11.1. The van der Waals surface area contributed by atoms with Gasteiger partial charge in [0, 0.05) is 31.2 Å². The van der Waals surface area contributed by atoms with Crippen LogP contribution in [0.25, 0.3) is 0 Å². The number of aryl methyl sites for hydroxylation is 1. The van der Waals surface area contributed by atoms with Crippen LogP contribution in [0.2, 0.25) is 0 Å². The standard InChI is InChI=1S/C13H18N4S/c1-10-16-13(9-18-10)8-17(2)7-12-4-3-11(5-14)6-15-12/h3-4,6,9H,5,7-8,14H2,1-2H3. The Hall–Kier alpha value is -1.30. The van der Waals surface area contributed by atoms with Crippen molar-refractivity contribution >= 4 is 11.3 Å². The monoisotopic (exact) mass is 262 g/mol. The number of nitrogens with zero attached hydrogens (tertiary/aromatic N) is 3. The average molecular weight is 262 g/mol. The molecule has 0 atom stereocenters. The number of hydrogen-bond acceptors (Lipinski definition) is 5. The Morgan fingerprint density at radius 2 is 2.06 bits per heavy atom. The summed E-state index contributed by atoms with van der Waals surface area (Å²) in [6.07, 6.45) is 1.84. The zero-order chi connectivity index (χ0) is 13.0. The van der Waals surface area contributed by atoms with Crippen LogP contribution in [0, 0.1) is 6.92 Å². The third kappa shape index (κ3) is 3.60. The second-order valence-electron chi connectivity index (χ2n) is 4.39. The molecular weight excluding hydrogens is 244 g/mol. The first kappa shape index (κ1) is 13.1. The summed E-state index contributed by atoms with van der Waals surface area (Å²) in [7, 11) is 2.08. The van der Waals surface area contributed by atoms with Crippen LogP contribution in [-0.2, 0) is 19.6 Å². The van der Waals surface area contributed by atoms with Gasteiger partial charge >= 0.3 is 0 Å². The van der Waals surface area contributed by atoms with Crippen LogP contribution < -0.4 is 5.73 Å². The number of thiazole rings is 1.